The molecule has 4 N–H and O–H groups in total. The Hall–Kier alpha value is -3.45. The van der Waals surface area contributed by atoms with E-state index < -0.39 is 27.9 Å². The molecular weight excluding hydrogens is 576 g/mol. The van der Waals surface area contributed by atoms with Crippen LogP contribution in [0, 0.1) is 0 Å². The summed E-state index contributed by atoms with van der Waals surface area (Å²) in [4.78, 5) is 27.7. The van der Waals surface area contributed by atoms with E-state index >= 15 is 0 Å². The number of nitrogens with one attached hydrogen (secondary N) is 2. The molecule has 1 saturated heterocycles. The molecule has 1 aliphatic heterocycles. The summed E-state index contributed by atoms with van der Waals surface area (Å²) in [5.74, 6) is -0.0897. The molecule has 2 heterocycles. The fourth-order valence-corrected chi connectivity index (χ4v) is 6.57. The smallest absolute Gasteiger partial charge is 0.266 e. The van der Waals surface area contributed by atoms with Gasteiger partial charge in [-0.05, 0) is 42.8 Å². The lowest BCUT2D eigenvalue weighted by molar-refractivity contribution is -0.130. The molecule has 0 spiro atoms. The van der Waals surface area contributed by atoms with Gasteiger partial charge in [-0.1, -0.05) is 46.3 Å². The Bertz CT molecular complexity index is 1590. The van der Waals surface area contributed by atoms with E-state index in [0.29, 0.717) is 34.2 Å². The fraction of sp³-hybridized carbons (Fsp3) is 0.231. The molecule has 12 heteroatoms. The summed E-state index contributed by atoms with van der Waals surface area (Å²) in [5.41, 5.74) is 5.83. The molecule has 1 fully saturated rings. The zero-order chi connectivity index (χ0) is 26.9. The van der Waals surface area contributed by atoms with Crippen LogP contribution in [-0.2, 0) is 19.6 Å². The second kappa shape index (κ2) is 10.7. The average molecular weight is 601 g/mol. The first-order valence-electron chi connectivity index (χ1n) is 11.9. The number of primary amides is 1. The Morgan fingerprint density at radius 1 is 1.11 bits per heavy atom. The maximum atomic E-state index is 13.7. The third-order valence-electron chi connectivity index (χ3n) is 6.18. The largest absolute Gasteiger partial charge is 0.457 e. The van der Waals surface area contributed by atoms with Crippen LogP contribution in [0.2, 0.25) is 0 Å². The van der Waals surface area contributed by atoms with Gasteiger partial charge in [0.2, 0.25) is 10.0 Å². The van der Waals surface area contributed by atoms with Crippen LogP contribution in [0.1, 0.15) is 16.9 Å². The van der Waals surface area contributed by atoms with Gasteiger partial charge in [0.1, 0.15) is 28.2 Å². The molecule has 0 bridgehead atoms. The zero-order valence-electron chi connectivity index (χ0n) is 20.1. The van der Waals surface area contributed by atoms with Gasteiger partial charge in [-0.3, -0.25) is 9.59 Å². The topological polar surface area (TPSA) is 144 Å². The lowest BCUT2D eigenvalue weighted by Gasteiger charge is -2.31. The number of nitrogens with zero attached hydrogens (tertiary/aromatic N) is 1. The van der Waals surface area contributed by atoms with E-state index in [0.717, 1.165) is 4.31 Å². The number of nitrogens with two attached hydrogens (primary N) is 1. The molecule has 2 aliphatic rings. The first-order valence-corrected chi connectivity index (χ1v) is 14.2. The molecule has 198 valence electrons. The van der Waals surface area contributed by atoms with E-state index in [1.165, 1.54) is 0 Å². The predicted octanol–water partition coefficient (Wildman–Crippen LogP) is 1.66. The van der Waals surface area contributed by atoms with Crippen molar-refractivity contribution in [3.63, 3.8) is 0 Å². The standard InChI is InChI=1S/C26H25BrN4O6S/c27-16-6-11-21-20(14-16)24(23(30-21)25(28)32)38(34,35)31-12-13-36-22(15-31)26(33)29-17-7-9-19(10-8-17)37-18-4-2-1-3-5-18/h1-5,7-11,14,16,22,30H,6,12-13,15H2,(H2,28,32)(H,29,33). The summed E-state index contributed by atoms with van der Waals surface area (Å²) in [6.45, 7) is -0.184. The maximum Gasteiger partial charge on any atom is 0.266 e. The summed E-state index contributed by atoms with van der Waals surface area (Å²) >= 11 is 3.48. The van der Waals surface area contributed by atoms with Gasteiger partial charge in [-0.25, -0.2) is 8.42 Å². The number of H-pyrrole nitrogens is 1. The number of para-hydroxylation sites is 1. The van der Waals surface area contributed by atoms with Gasteiger partial charge in [0.05, 0.1) is 6.61 Å². The zero-order valence-corrected chi connectivity index (χ0v) is 22.5. The lowest BCUT2D eigenvalue weighted by atomic mass is 10.2. The number of halogens is 1. The van der Waals surface area contributed by atoms with Gasteiger partial charge in [-0.2, -0.15) is 4.31 Å². The fourth-order valence-electron chi connectivity index (χ4n) is 4.35. The number of anilines is 1. The number of alkyl halides is 1. The molecule has 10 nitrogen and oxygen atoms in total. The van der Waals surface area contributed by atoms with Crippen LogP contribution < -0.4 is 26.4 Å². The number of aromatic nitrogens is 1. The molecule has 0 radical (unpaired) electrons. The van der Waals surface area contributed by atoms with Crippen LogP contribution in [0.4, 0.5) is 5.69 Å². The Kier molecular flexibility index (Phi) is 7.39. The molecule has 0 saturated carbocycles. The Morgan fingerprint density at radius 2 is 1.82 bits per heavy atom. The van der Waals surface area contributed by atoms with Crippen LogP contribution in [0.3, 0.4) is 0 Å². The quantitative estimate of drug-likeness (QED) is 0.352. The molecule has 5 rings (SSSR count). The number of amides is 2. The van der Waals surface area contributed by atoms with E-state index in [-0.39, 0.29) is 35.1 Å². The molecule has 1 aliphatic carbocycles. The van der Waals surface area contributed by atoms with Crippen LogP contribution in [0.5, 0.6) is 11.5 Å². The van der Waals surface area contributed by atoms with Gasteiger partial charge in [-0.15, -0.1) is 0 Å². The highest BCUT2D eigenvalue weighted by Gasteiger charge is 2.37. The first-order chi connectivity index (χ1) is 18.2. The van der Waals surface area contributed by atoms with Crippen LogP contribution in [0.15, 0.2) is 59.5 Å². The van der Waals surface area contributed by atoms with Crippen LogP contribution in [-0.4, -0.2) is 60.1 Å². The summed E-state index contributed by atoms with van der Waals surface area (Å²) in [5, 5.41) is 3.67. The minimum absolute atomic E-state index is 0.0105. The number of carbonyl (C=O) groups excluding carboxylic acids is 2. The number of hydrogen-bond donors (Lipinski definition) is 3. The number of benzene rings is 2. The van der Waals surface area contributed by atoms with Crippen molar-refractivity contribution in [1.29, 1.82) is 0 Å². The van der Waals surface area contributed by atoms with Crippen molar-refractivity contribution in [3.8, 4) is 11.5 Å². The average Bonchev–Trinajstić information content (AvgIpc) is 3.30. The predicted molar refractivity (Wildman–Crippen MR) is 145 cm³/mol. The van der Waals surface area contributed by atoms with Gasteiger partial charge >= 0.3 is 0 Å². The Balaban J connectivity index is 1.32. The normalized spacial score (nSPS) is 19.5. The molecule has 3 aromatic rings. The molecule has 38 heavy (non-hydrogen) atoms. The summed E-state index contributed by atoms with van der Waals surface area (Å²) in [6.07, 6.45) is 3.13. The SMILES string of the molecule is NC(=O)c1[nH]c2c(c1S(=O)(=O)N1CCOC(C(=O)Nc3ccc(Oc4ccccc4)cc3)C1)=CC(Br)CC=2. The molecule has 2 aromatic carbocycles. The number of carbonyl (C=O) groups is 2. The van der Waals surface area contributed by atoms with Crippen molar-refractivity contribution < 1.29 is 27.5 Å². The third-order valence-corrected chi connectivity index (χ3v) is 8.77. The highest BCUT2D eigenvalue weighted by Crippen LogP contribution is 2.24. The van der Waals surface area contributed by atoms with Gasteiger partial charge < -0.3 is 25.5 Å². The molecule has 2 atom stereocenters. The van der Waals surface area contributed by atoms with Crippen molar-refractivity contribution in [2.75, 3.05) is 25.0 Å². The minimum Gasteiger partial charge on any atom is -0.457 e. The Morgan fingerprint density at radius 3 is 2.53 bits per heavy atom. The highest BCUT2D eigenvalue weighted by molar-refractivity contribution is 9.09. The second-order valence-electron chi connectivity index (χ2n) is 8.79. The number of fused-ring (bicyclic) bond motifs is 1. The third kappa shape index (κ3) is 5.39. The summed E-state index contributed by atoms with van der Waals surface area (Å²) in [7, 11) is -4.18. The molecule has 2 unspecified atom stereocenters. The van der Waals surface area contributed by atoms with E-state index in [9.17, 15) is 18.0 Å². The number of rotatable bonds is 7. The van der Waals surface area contributed by atoms with Crippen molar-refractivity contribution in [1.82, 2.24) is 9.29 Å². The van der Waals surface area contributed by atoms with Crippen molar-refractivity contribution >= 4 is 55.6 Å². The van der Waals surface area contributed by atoms with E-state index in [4.69, 9.17) is 15.2 Å². The second-order valence-corrected chi connectivity index (χ2v) is 11.8. The van der Waals surface area contributed by atoms with Crippen molar-refractivity contribution in [2.24, 2.45) is 5.73 Å². The molecular formula is C26H25BrN4O6S. The minimum atomic E-state index is -4.18. The molecule has 2 amide bonds. The van der Waals surface area contributed by atoms with Gasteiger partial charge in [0, 0.05) is 34.2 Å². The highest BCUT2D eigenvalue weighted by atomic mass is 79.9. The van der Waals surface area contributed by atoms with Crippen LogP contribution >= 0.6 is 15.9 Å². The van der Waals surface area contributed by atoms with Gasteiger partial charge in [0.15, 0.2) is 0 Å². The van der Waals surface area contributed by atoms with Crippen LogP contribution in [0.25, 0.3) is 12.2 Å². The number of sulfonamides is 1. The monoisotopic (exact) mass is 600 g/mol. The van der Waals surface area contributed by atoms with Crippen molar-refractivity contribution in [2.45, 2.75) is 22.2 Å². The van der Waals surface area contributed by atoms with E-state index in [1.54, 1.807) is 30.3 Å². The molecule has 1 aromatic heterocycles. The number of aromatic amines is 1. The van der Waals surface area contributed by atoms with E-state index in [2.05, 4.69) is 26.2 Å². The first kappa shape index (κ1) is 26.2. The lowest BCUT2D eigenvalue weighted by Crippen LogP contribution is -2.51. The summed E-state index contributed by atoms with van der Waals surface area (Å²) < 4.78 is 39.9. The Labute approximate surface area is 227 Å². The number of ether oxygens (including phenoxy) is 2. The maximum absolute atomic E-state index is 13.7. The summed E-state index contributed by atoms with van der Waals surface area (Å²) in [6, 6.07) is 16.1. The van der Waals surface area contributed by atoms with Crippen molar-refractivity contribution in [3.05, 3.63) is 70.9 Å². The number of hydrogen-bond acceptors (Lipinski definition) is 6. The number of morpholine rings is 1. The van der Waals surface area contributed by atoms with Gasteiger partial charge in [0.25, 0.3) is 11.8 Å². The van der Waals surface area contributed by atoms with E-state index in [1.807, 2.05) is 36.4 Å².